The minimum atomic E-state index is 0.495. The van der Waals surface area contributed by atoms with E-state index in [1.54, 1.807) is 0 Å². The lowest BCUT2D eigenvalue weighted by Crippen LogP contribution is -2.48. The average Bonchev–Trinajstić information content (AvgIpc) is 2.57. The van der Waals surface area contributed by atoms with E-state index in [4.69, 9.17) is 4.74 Å². The number of piperidine rings is 1. The molecule has 23 heavy (non-hydrogen) atoms. The van der Waals surface area contributed by atoms with Gasteiger partial charge in [-0.05, 0) is 44.7 Å². The maximum Gasteiger partial charge on any atom is 0.225 e. The SMILES string of the molecule is CC.COC1CC(N(C)CC2CCN(c3ncccn3)CC2)C1. The number of ether oxygens (including phenoxy) is 1. The molecule has 1 aromatic rings. The zero-order chi connectivity index (χ0) is 16.7. The number of hydrogen-bond acceptors (Lipinski definition) is 5. The van der Waals surface area contributed by atoms with Crippen LogP contribution in [0.25, 0.3) is 0 Å². The molecular formula is C18H32N4O. The summed E-state index contributed by atoms with van der Waals surface area (Å²) in [4.78, 5) is 13.5. The molecule has 1 saturated heterocycles. The van der Waals surface area contributed by atoms with Crippen LogP contribution in [-0.4, -0.2) is 60.8 Å². The van der Waals surface area contributed by atoms with Crippen molar-refractivity contribution in [3.8, 4) is 0 Å². The van der Waals surface area contributed by atoms with Crippen LogP contribution in [0.5, 0.6) is 0 Å². The van der Waals surface area contributed by atoms with E-state index in [0.29, 0.717) is 6.10 Å². The van der Waals surface area contributed by atoms with Gasteiger partial charge in [0.15, 0.2) is 0 Å². The molecule has 1 aromatic heterocycles. The Hall–Kier alpha value is -1.20. The van der Waals surface area contributed by atoms with Crippen molar-refractivity contribution in [3.63, 3.8) is 0 Å². The molecule has 0 atom stereocenters. The van der Waals surface area contributed by atoms with Gasteiger partial charge in [0.05, 0.1) is 6.10 Å². The van der Waals surface area contributed by atoms with Crippen molar-refractivity contribution in [1.82, 2.24) is 14.9 Å². The fourth-order valence-corrected chi connectivity index (χ4v) is 3.42. The highest BCUT2D eigenvalue weighted by Crippen LogP contribution is 2.29. The van der Waals surface area contributed by atoms with Gasteiger partial charge in [-0.25, -0.2) is 9.97 Å². The lowest BCUT2D eigenvalue weighted by atomic mass is 9.86. The third kappa shape index (κ3) is 4.88. The first-order chi connectivity index (χ1) is 11.3. The summed E-state index contributed by atoms with van der Waals surface area (Å²) in [6.45, 7) is 7.37. The Kier molecular flexibility index (Phi) is 7.24. The molecule has 1 saturated carbocycles. The predicted molar refractivity (Wildman–Crippen MR) is 94.8 cm³/mol. The molecule has 0 bridgehead atoms. The van der Waals surface area contributed by atoms with E-state index < -0.39 is 0 Å². The molecular weight excluding hydrogens is 288 g/mol. The second-order valence-electron chi connectivity index (χ2n) is 6.40. The molecule has 2 heterocycles. The van der Waals surface area contributed by atoms with E-state index in [1.165, 1.54) is 32.2 Å². The number of anilines is 1. The molecule has 0 unspecified atom stereocenters. The Morgan fingerprint density at radius 2 is 1.78 bits per heavy atom. The standard InChI is InChI=1S/C16H26N4O.C2H6/c1-19(14-10-15(11-14)21-2)12-13-4-8-20(9-5-13)16-17-6-3-7-18-16;1-2/h3,6-7,13-15H,4-5,8-12H2,1-2H3;1-2H3. The summed E-state index contributed by atoms with van der Waals surface area (Å²) in [6.07, 6.45) is 9.02. The number of methoxy groups -OCH3 is 1. The largest absolute Gasteiger partial charge is 0.381 e. The zero-order valence-electron chi connectivity index (χ0n) is 15.1. The van der Waals surface area contributed by atoms with E-state index in [2.05, 4.69) is 26.8 Å². The fourth-order valence-electron chi connectivity index (χ4n) is 3.42. The molecule has 1 aliphatic carbocycles. The van der Waals surface area contributed by atoms with Crippen molar-refractivity contribution in [2.45, 2.75) is 51.7 Å². The highest BCUT2D eigenvalue weighted by atomic mass is 16.5. The highest BCUT2D eigenvalue weighted by Gasteiger charge is 2.33. The summed E-state index contributed by atoms with van der Waals surface area (Å²) in [5.74, 6) is 1.68. The third-order valence-corrected chi connectivity index (χ3v) is 5.02. The van der Waals surface area contributed by atoms with Gasteiger partial charge in [0.1, 0.15) is 0 Å². The maximum absolute atomic E-state index is 5.37. The summed E-state index contributed by atoms with van der Waals surface area (Å²) in [5, 5.41) is 0. The van der Waals surface area contributed by atoms with Crippen LogP contribution >= 0.6 is 0 Å². The Bertz CT molecular complexity index is 428. The van der Waals surface area contributed by atoms with E-state index in [9.17, 15) is 0 Å². The molecule has 1 aliphatic heterocycles. The Labute approximate surface area is 141 Å². The second kappa shape index (κ2) is 9.18. The first-order valence-corrected chi connectivity index (χ1v) is 9.01. The number of aromatic nitrogens is 2. The smallest absolute Gasteiger partial charge is 0.225 e. The van der Waals surface area contributed by atoms with Gasteiger partial charge in [0.25, 0.3) is 0 Å². The fraction of sp³-hybridized carbons (Fsp3) is 0.778. The normalized spacial score (nSPS) is 24.8. The van der Waals surface area contributed by atoms with Crippen LogP contribution in [0.15, 0.2) is 18.5 Å². The molecule has 130 valence electrons. The number of hydrogen-bond donors (Lipinski definition) is 0. The van der Waals surface area contributed by atoms with Gasteiger partial charge in [-0.3, -0.25) is 0 Å². The number of nitrogens with zero attached hydrogens (tertiary/aromatic N) is 4. The third-order valence-electron chi connectivity index (χ3n) is 5.02. The first kappa shape index (κ1) is 18.1. The van der Waals surface area contributed by atoms with Crippen molar-refractivity contribution < 1.29 is 4.74 Å². The van der Waals surface area contributed by atoms with Gasteiger partial charge >= 0.3 is 0 Å². The quantitative estimate of drug-likeness (QED) is 0.834. The van der Waals surface area contributed by atoms with Crippen LogP contribution < -0.4 is 4.90 Å². The summed E-state index contributed by atoms with van der Waals surface area (Å²) >= 11 is 0. The molecule has 0 aromatic carbocycles. The van der Waals surface area contributed by atoms with Gasteiger partial charge in [0, 0.05) is 45.2 Å². The Balaban J connectivity index is 0.000000924. The Morgan fingerprint density at radius 1 is 1.17 bits per heavy atom. The van der Waals surface area contributed by atoms with Crippen molar-refractivity contribution in [3.05, 3.63) is 18.5 Å². The van der Waals surface area contributed by atoms with E-state index in [0.717, 1.165) is 31.0 Å². The summed E-state index contributed by atoms with van der Waals surface area (Å²) < 4.78 is 5.37. The molecule has 0 radical (unpaired) electrons. The van der Waals surface area contributed by atoms with E-state index >= 15 is 0 Å². The second-order valence-corrected chi connectivity index (χ2v) is 6.40. The van der Waals surface area contributed by atoms with Crippen molar-refractivity contribution >= 4 is 5.95 Å². The lowest BCUT2D eigenvalue weighted by molar-refractivity contribution is -0.0238. The van der Waals surface area contributed by atoms with Crippen LogP contribution in [0.1, 0.15) is 39.5 Å². The average molecular weight is 320 g/mol. The van der Waals surface area contributed by atoms with Crippen LogP contribution in [0, 0.1) is 5.92 Å². The van der Waals surface area contributed by atoms with Crippen molar-refractivity contribution in [2.75, 3.05) is 38.7 Å². The van der Waals surface area contributed by atoms with Crippen molar-refractivity contribution in [1.29, 1.82) is 0 Å². The Morgan fingerprint density at radius 3 is 2.35 bits per heavy atom. The van der Waals surface area contributed by atoms with Crippen molar-refractivity contribution in [2.24, 2.45) is 5.92 Å². The van der Waals surface area contributed by atoms with E-state index in [-0.39, 0.29) is 0 Å². The van der Waals surface area contributed by atoms with Crippen LogP contribution in [-0.2, 0) is 4.74 Å². The summed E-state index contributed by atoms with van der Waals surface area (Å²) in [7, 11) is 4.09. The monoisotopic (exact) mass is 320 g/mol. The molecule has 0 amide bonds. The highest BCUT2D eigenvalue weighted by molar-refractivity contribution is 5.28. The van der Waals surface area contributed by atoms with Crippen LogP contribution in [0.2, 0.25) is 0 Å². The topological polar surface area (TPSA) is 41.5 Å². The van der Waals surface area contributed by atoms with Gasteiger partial charge in [-0.2, -0.15) is 0 Å². The van der Waals surface area contributed by atoms with E-state index in [1.807, 2.05) is 39.4 Å². The first-order valence-electron chi connectivity index (χ1n) is 9.01. The minimum absolute atomic E-state index is 0.495. The molecule has 2 aliphatic rings. The minimum Gasteiger partial charge on any atom is -0.381 e. The molecule has 2 fully saturated rings. The van der Waals surface area contributed by atoms with Gasteiger partial charge in [0.2, 0.25) is 5.95 Å². The maximum atomic E-state index is 5.37. The van der Waals surface area contributed by atoms with Gasteiger partial charge in [-0.15, -0.1) is 0 Å². The van der Waals surface area contributed by atoms with Gasteiger partial charge < -0.3 is 14.5 Å². The molecule has 5 nitrogen and oxygen atoms in total. The molecule has 5 heteroatoms. The summed E-state index contributed by atoms with van der Waals surface area (Å²) in [6, 6.07) is 2.60. The summed E-state index contributed by atoms with van der Waals surface area (Å²) in [5.41, 5.74) is 0. The lowest BCUT2D eigenvalue weighted by Gasteiger charge is -2.42. The van der Waals surface area contributed by atoms with Crippen LogP contribution in [0.4, 0.5) is 5.95 Å². The number of rotatable bonds is 5. The molecule has 0 spiro atoms. The predicted octanol–water partition coefficient (Wildman–Crippen LogP) is 2.83. The molecule has 0 N–H and O–H groups in total. The van der Waals surface area contributed by atoms with Gasteiger partial charge in [-0.1, -0.05) is 13.8 Å². The zero-order valence-corrected chi connectivity index (χ0v) is 15.1. The van der Waals surface area contributed by atoms with Crippen LogP contribution in [0.3, 0.4) is 0 Å². The molecule has 3 rings (SSSR count).